The third kappa shape index (κ3) is 1.75. The zero-order chi connectivity index (χ0) is 11.0. The summed E-state index contributed by atoms with van der Waals surface area (Å²) in [6, 6.07) is 0. The fourth-order valence-corrected chi connectivity index (χ4v) is 1.93. The largest absolute Gasteiger partial charge is 0.291 e. The lowest BCUT2D eigenvalue weighted by Crippen LogP contribution is -2.44. The van der Waals surface area contributed by atoms with Gasteiger partial charge in [0.05, 0.1) is 0 Å². The minimum Gasteiger partial charge on any atom is -0.291 e. The van der Waals surface area contributed by atoms with Gasteiger partial charge in [-0.15, -0.1) is 0 Å². The van der Waals surface area contributed by atoms with Crippen molar-refractivity contribution in [2.45, 2.75) is 53.4 Å². The van der Waals surface area contributed by atoms with Crippen LogP contribution >= 0.6 is 0 Å². The lowest BCUT2D eigenvalue weighted by atomic mass is 9.61. The topological polar surface area (TPSA) is 34.1 Å². The number of Topliss-reactive ketones (excluding diaryl/α,β-unsaturated/α-hetero) is 2. The highest BCUT2D eigenvalue weighted by Gasteiger charge is 2.45. The van der Waals surface area contributed by atoms with Crippen molar-refractivity contribution in [1.29, 1.82) is 0 Å². The molecule has 1 fully saturated rings. The predicted octanol–water partition coefficient (Wildman–Crippen LogP) is 2.75. The molecule has 0 saturated heterocycles. The van der Waals surface area contributed by atoms with Crippen LogP contribution in [0.1, 0.15) is 53.4 Å². The molecule has 0 aromatic carbocycles. The average Bonchev–Trinajstić information content (AvgIpc) is 2.09. The molecule has 2 heteroatoms. The van der Waals surface area contributed by atoms with Gasteiger partial charge >= 0.3 is 0 Å². The van der Waals surface area contributed by atoms with E-state index >= 15 is 0 Å². The molecule has 1 aliphatic carbocycles. The Morgan fingerprint density at radius 3 is 2.14 bits per heavy atom. The second-order valence-electron chi connectivity index (χ2n) is 5.47. The third-order valence-corrected chi connectivity index (χ3v) is 3.97. The van der Waals surface area contributed by atoms with Crippen molar-refractivity contribution >= 4 is 11.6 Å². The molecule has 0 heterocycles. The quantitative estimate of drug-likeness (QED) is 0.558. The summed E-state index contributed by atoms with van der Waals surface area (Å²) >= 11 is 0. The molecule has 0 bridgehead atoms. The van der Waals surface area contributed by atoms with E-state index in [4.69, 9.17) is 0 Å². The van der Waals surface area contributed by atoms with Gasteiger partial charge in [0, 0.05) is 11.8 Å². The fourth-order valence-electron chi connectivity index (χ4n) is 1.93. The molecule has 1 saturated carbocycles. The molecule has 1 aliphatic rings. The first kappa shape index (κ1) is 11.4. The molecule has 0 atom stereocenters. The van der Waals surface area contributed by atoms with Gasteiger partial charge in [0.15, 0.2) is 5.78 Å². The van der Waals surface area contributed by atoms with Gasteiger partial charge in [0.2, 0.25) is 5.78 Å². The smallest absolute Gasteiger partial charge is 0.204 e. The molecule has 0 radical (unpaired) electrons. The molecule has 0 spiro atoms. The number of hydrogen-bond donors (Lipinski definition) is 0. The number of rotatable bonds is 0. The summed E-state index contributed by atoms with van der Waals surface area (Å²) in [5.41, 5.74) is -0.579. The Kier molecular flexibility index (Phi) is 2.84. The van der Waals surface area contributed by atoms with E-state index in [1.165, 1.54) is 0 Å². The SMILES string of the molecule is CC1(C)CCCCC(=O)C(=O)C1(C)C. The van der Waals surface area contributed by atoms with Crippen LogP contribution in [0.3, 0.4) is 0 Å². The Morgan fingerprint density at radius 2 is 1.57 bits per heavy atom. The lowest BCUT2D eigenvalue weighted by Gasteiger charge is -2.41. The molecule has 0 amide bonds. The van der Waals surface area contributed by atoms with Crippen molar-refractivity contribution in [2.75, 3.05) is 0 Å². The summed E-state index contributed by atoms with van der Waals surface area (Å²) in [6.45, 7) is 7.98. The Hall–Kier alpha value is -0.660. The highest BCUT2D eigenvalue weighted by Crippen LogP contribution is 2.44. The van der Waals surface area contributed by atoms with Crippen molar-refractivity contribution < 1.29 is 9.59 Å². The van der Waals surface area contributed by atoms with Crippen LogP contribution in [0.15, 0.2) is 0 Å². The standard InChI is InChI=1S/C12H20O2/c1-11(2)8-6-5-7-9(13)10(14)12(11,3)4/h5-8H2,1-4H3. The van der Waals surface area contributed by atoms with E-state index in [-0.39, 0.29) is 17.0 Å². The molecule has 1 rings (SSSR count). The zero-order valence-electron chi connectivity index (χ0n) is 9.64. The molecule has 0 N–H and O–H groups in total. The van der Waals surface area contributed by atoms with Crippen molar-refractivity contribution in [2.24, 2.45) is 10.8 Å². The highest BCUT2D eigenvalue weighted by molar-refractivity contribution is 6.39. The van der Waals surface area contributed by atoms with Gasteiger partial charge in [-0.25, -0.2) is 0 Å². The van der Waals surface area contributed by atoms with Crippen LogP contribution < -0.4 is 0 Å². The van der Waals surface area contributed by atoms with Gasteiger partial charge in [0.1, 0.15) is 0 Å². The van der Waals surface area contributed by atoms with Gasteiger partial charge in [0.25, 0.3) is 0 Å². The molecule has 0 aromatic rings. The van der Waals surface area contributed by atoms with Crippen LogP contribution in [0.2, 0.25) is 0 Å². The van der Waals surface area contributed by atoms with E-state index in [0.29, 0.717) is 6.42 Å². The lowest BCUT2D eigenvalue weighted by molar-refractivity contribution is -0.147. The minimum absolute atomic E-state index is 0.0693. The Labute approximate surface area is 86.1 Å². The van der Waals surface area contributed by atoms with Crippen LogP contribution in [0.25, 0.3) is 0 Å². The summed E-state index contributed by atoms with van der Waals surface area (Å²) in [6.07, 6.45) is 3.39. The summed E-state index contributed by atoms with van der Waals surface area (Å²) in [7, 11) is 0. The van der Waals surface area contributed by atoms with E-state index in [1.807, 2.05) is 13.8 Å². The van der Waals surface area contributed by atoms with Crippen molar-refractivity contribution in [3.8, 4) is 0 Å². The number of carbonyl (C=O) groups is 2. The van der Waals surface area contributed by atoms with Gasteiger partial charge in [-0.1, -0.05) is 34.1 Å². The molecule has 14 heavy (non-hydrogen) atoms. The molecule has 2 nitrogen and oxygen atoms in total. The summed E-state index contributed by atoms with van der Waals surface area (Å²) < 4.78 is 0. The van der Waals surface area contributed by atoms with E-state index in [0.717, 1.165) is 19.3 Å². The average molecular weight is 196 g/mol. The molecular weight excluding hydrogens is 176 g/mol. The normalized spacial score (nSPS) is 26.9. The van der Waals surface area contributed by atoms with Gasteiger partial charge in [-0.2, -0.15) is 0 Å². The van der Waals surface area contributed by atoms with Crippen LogP contribution in [-0.4, -0.2) is 11.6 Å². The number of carbonyl (C=O) groups excluding carboxylic acids is 2. The second-order valence-corrected chi connectivity index (χ2v) is 5.47. The first-order chi connectivity index (χ1) is 6.29. The predicted molar refractivity (Wildman–Crippen MR) is 56.0 cm³/mol. The molecule has 0 aliphatic heterocycles. The summed E-state index contributed by atoms with van der Waals surface area (Å²) in [4.78, 5) is 23.4. The first-order valence-corrected chi connectivity index (χ1v) is 5.37. The van der Waals surface area contributed by atoms with Crippen molar-refractivity contribution in [3.05, 3.63) is 0 Å². The van der Waals surface area contributed by atoms with Crippen LogP contribution in [0.5, 0.6) is 0 Å². The molecule has 0 aromatic heterocycles. The Morgan fingerprint density at radius 1 is 1.00 bits per heavy atom. The Balaban J connectivity index is 3.03. The molecule has 0 unspecified atom stereocenters. The van der Waals surface area contributed by atoms with E-state index in [2.05, 4.69) is 13.8 Å². The van der Waals surface area contributed by atoms with Gasteiger partial charge < -0.3 is 0 Å². The van der Waals surface area contributed by atoms with Gasteiger partial charge in [-0.3, -0.25) is 9.59 Å². The number of ketones is 2. The highest BCUT2D eigenvalue weighted by atomic mass is 16.2. The maximum Gasteiger partial charge on any atom is 0.204 e. The van der Waals surface area contributed by atoms with E-state index < -0.39 is 5.41 Å². The summed E-state index contributed by atoms with van der Waals surface area (Å²) in [5.74, 6) is -0.357. The van der Waals surface area contributed by atoms with Crippen molar-refractivity contribution in [3.63, 3.8) is 0 Å². The van der Waals surface area contributed by atoms with E-state index in [1.54, 1.807) is 0 Å². The van der Waals surface area contributed by atoms with Crippen LogP contribution in [-0.2, 0) is 9.59 Å². The molecular formula is C12H20O2. The van der Waals surface area contributed by atoms with E-state index in [9.17, 15) is 9.59 Å². The maximum atomic E-state index is 11.9. The van der Waals surface area contributed by atoms with Crippen LogP contribution in [0, 0.1) is 10.8 Å². The molecule has 80 valence electrons. The minimum atomic E-state index is -0.509. The fraction of sp³-hybridized carbons (Fsp3) is 0.833. The monoisotopic (exact) mass is 196 g/mol. The third-order valence-electron chi connectivity index (χ3n) is 3.97. The maximum absolute atomic E-state index is 11.9. The van der Waals surface area contributed by atoms with Crippen LogP contribution in [0.4, 0.5) is 0 Å². The Bertz CT molecular complexity index is 261. The van der Waals surface area contributed by atoms with Gasteiger partial charge in [-0.05, 0) is 18.3 Å². The first-order valence-electron chi connectivity index (χ1n) is 5.37. The second kappa shape index (κ2) is 3.48. The summed E-state index contributed by atoms with van der Waals surface area (Å²) in [5, 5.41) is 0. The van der Waals surface area contributed by atoms with Crippen molar-refractivity contribution in [1.82, 2.24) is 0 Å². The zero-order valence-corrected chi connectivity index (χ0v) is 9.64. The number of hydrogen-bond acceptors (Lipinski definition) is 2.